The van der Waals surface area contributed by atoms with Crippen LogP contribution >= 0.6 is 0 Å². The lowest BCUT2D eigenvalue weighted by atomic mass is 10.1. The van der Waals surface area contributed by atoms with Gasteiger partial charge in [0.1, 0.15) is 5.82 Å². The Bertz CT molecular complexity index is 708. The van der Waals surface area contributed by atoms with Gasteiger partial charge in [-0.2, -0.15) is 13.2 Å². The first-order chi connectivity index (χ1) is 10.3. The lowest BCUT2D eigenvalue weighted by Gasteiger charge is -2.12. The highest BCUT2D eigenvalue weighted by atomic mass is 19.4. The molecule has 114 valence electrons. The number of benzene rings is 2. The number of Topliss-reactive ketones (excluding diaryl/α,β-unsaturated/α-hetero) is 1. The number of rotatable bonds is 4. The van der Waals surface area contributed by atoms with E-state index in [1.807, 2.05) is 0 Å². The Labute approximate surface area is 123 Å². The summed E-state index contributed by atoms with van der Waals surface area (Å²) < 4.78 is 50.0. The van der Waals surface area contributed by atoms with Crippen molar-refractivity contribution in [1.82, 2.24) is 0 Å². The van der Waals surface area contributed by atoms with Crippen LogP contribution in [0.15, 0.2) is 42.5 Å². The Morgan fingerprint density at radius 3 is 2.27 bits per heavy atom. The fourth-order valence-electron chi connectivity index (χ4n) is 1.79. The third kappa shape index (κ3) is 3.49. The number of nitrogens with one attached hydrogen (secondary N) is 2. The Morgan fingerprint density at radius 1 is 1.09 bits per heavy atom. The monoisotopic (exact) mass is 310 g/mol. The molecule has 2 aromatic rings. The fourth-order valence-corrected chi connectivity index (χ4v) is 1.79. The number of ketones is 1. The molecule has 0 unspecified atom stereocenters. The number of alkyl halides is 3. The first kappa shape index (κ1) is 15.7. The van der Waals surface area contributed by atoms with Crippen molar-refractivity contribution in [2.24, 2.45) is 0 Å². The van der Waals surface area contributed by atoms with Crippen molar-refractivity contribution in [3.05, 3.63) is 59.4 Å². The van der Waals surface area contributed by atoms with Crippen LogP contribution in [-0.2, 0) is 0 Å². The minimum atomic E-state index is -4.97. The van der Waals surface area contributed by atoms with E-state index in [0.717, 1.165) is 18.3 Å². The van der Waals surface area contributed by atoms with Crippen LogP contribution in [0.3, 0.4) is 0 Å². The fraction of sp³-hybridized carbons (Fsp3) is 0.0667. The summed E-state index contributed by atoms with van der Waals surface area (Å²) in [6.45, 7) is 0. The second-order valence-corrected chi connectivity index (χ2v) is 4.41. The zero-order valence-corrected chi connectivity index (χ0v) is 11.0. The Morgan fingerprint density at radius 2 is 1.73 bits per heavy atom. The van der Waals surface area contributed by atoms with Crippen LogP contribution < -0.4 is 5.32 Å². The van der Waals surface area contributed by atoms with Gasteiger partial charge in [-0.05, 0) is 42.5 Å². The van der Waals surface area contributed by atoms with Crippen molar-refractivity contribution >= 4 is 23.4 Å². The van der Waals surface area contributed by atoms with Crippen molar-refractivity contribution < 1.29 is 22.4 Å². The second-order valence-electron chi connectivity index (χ2n) is 4.41. The van der Waals surface area contributed by atoms with Crippen LogP contribution in [0.25, 0.3) is 0 Å². The molecular formula is C15H10F4N2O. The van der Waals surface area contributed by atoms with E-state index < -0.39 is 23.3 Å². The maximum Gasteiger partial charge on any atom is 0.454 e. The highest BCUT2D eigenvalue weighted by Gasteiger charge is 2.39. The van der Waals surface area contributed by atoms with E-state index in [1.54, 1.807) is 0 Å². The van der Waals surface area contributed by atoms with Crippen LogP contribution in [-0.4, -0.2) is 18.2 Å². The minimum Gasteiger partial charge on any atom is -0.355 e. The first-order valence-electron chi connectivity index (χ1n) is 6.10. The highest BCUT2D eigenvalue weighted by molar-refractivity contribution is 6.02. The summed E-state index contributed by atoms with van der Waals surface area (Å²) in [6, 6.07) is 8.59. The van der Waals surface area contributed by atoms with Gasteiger partial charge in [0.25, 0.3) is 5.78 Å². The van der Waals surface area contributed by atoms with Crippen LogP contribution in [0.4, 0.5) is 28.9 Å². The molecule has 0 radical (unpaired) electrons. The SMILES string of the molecule is N=Cc1cc(C(=O)C(F)(F)F)ccc1Nc1ccc(F)cc1. The third-order valence-corrected chi connectivity index (χ3v) is 2.85. The van der Waals surface area contributed by atoms with Gasteiger partial charge >= 0.3 is 6.18 Å². The summed E-state index contributed by atoms with van der Waals surface area (Å²) in [6.07, 6.45) is -4.13. The molecular weight excluding hydrogens is 300 g/mol. The molecule has 0 aliphatic rings. The molecule has 22 heavy (non-hydrogen) atoms. The van der Waals surface area contributed by atoms with E-state index in [4.69, 9.17) is 5.41 Å². The van der Waals surface area contributed by atoms with E-state index in [1.165, 1.54) is 30.3 Å². The summed E-state index contributed by atoms with van der Waals surface area (Å²) in [5.41, 5.74) is 0.398. The smallest absolute Gasteiger partial charge is 0.355 e. The van der Waals surface area contributed by atoms with Gasteiger partial charge < -0.3 is 10.7 Å². The number of carbonyl (C=O) groups is 1. The topological polar surface area (TPSA) is 53.0 Å². The standard InChI is InChI=1S/C15H10F4N2O/c16-11-2-4-12(5-3-11)21-13-6-1-9(7-10(13)8-20)14(22)15(17,18)19/h1-8,20-21H. The van der Waals surface area contributed by atoms with Crippen molar-refractivity contribution in [3.8, 4) is 0 Å². The van der Waals surface area contributed by atoms with Crippen molar-refractivity contribution in [2.75, 3.05) is 5.32 Å². The molecule has 2 N–H and O–H groups in total. The molecule has 3 nitrogen and oxygen atoms in total. The van der Waals surface area contributed by atoms with E-state index in [2.05, 4.69) is 5.32 Å². The maximum absolute atomic E-state index is 12.8. The van der Waals surface area contributed by atoms with Crippen molar-refractivity contribution in [2.45, 2.75) is 6.18 Å². The minimum absolute atomic E-state index is 0.111. The number of carbonyl (C=O) groups excluding carboxylic acids is 1. The van der Waals surface area contributed by atoms with Gasteiger partial charge in [0, 0.05) is 28.7 Å². The normalized spacial score (nSPS) is 11.1. The van der Waals surface area contributed by atoms with Crippen molar-refractivity contribution in [3.63, 3.8) is 0 Å². The second kappa shape index (κ2) is 5.97. The van der Waals surface area contributed by atoms with Crippen LogP contribution in [0, 0.1) is 11.2 Å². The largest absolute Gasteiger partial charge is 0.454 e. The molecule has 0 aromatic heterocycles. The lowest BCUT2D eigenvalue weighted by molar-refractivity contribution is -0.0885. The van der Waals surface area contributed by atoms with Crippen LogP contribution in [0.5, 0.6) is 0 Å². The Kier molecular flexibility index (Phi) is 4.25. The molecule has 2 aromatic carbocycles. The molecule has 0 spiro atoms. The lowest BCUT2D eigenvalue weighted by Crippen LogP contribution is -2.22. The number of halogens is 4. The number of hydrogen-bond donors (Lipinski definition) is 2. The quantitative estimate of drug-likeness (QED) is 0.502. The molecule has 2 rings (SSSR count). The molecule has 0 aliphatic carbocycles. The van der Waals surface area contributed by atoms with Gasteiger partial charge in [0.2, 0.25) is 0 Å². The molecule has 0 amide bonds. The molecule has 0 heterocycles. The van der Waals surface area contributed by atoms with Gasteiger partial charge in [-0.15, -0.1) is 0 Å². The zero-order chi connectivity index (χ0) is 16.3. The summed E-state index contributed by atoms with van der Waals surface area (Å²) in [4.78, 5) is 11.2. The molecule has 7 heteroatoms. The summed E-state index contributed by atoms with van der Waals surface area (Å²) in [5, 5.41) is 10.1. The molecule has 0 saturated heterocycles. The third-order valence-electron chi connectivity index (χ3n) is 2.85. The van der Waals surface area contributed by atoms with E-state index >= 15 is 0 Å². The summed E-state index contributed by atoms with van der Waals surface area (Å²) in [7, 11) is 0. The first-order valence-corrected chi connectivity index (χ1v) is 6.10. The predicted molar refractivity (Wildman–Crippen MR) is 74.4 cm³/mol. The summed E-state index contributed by atoms with van der Waals surface area (Å²) in [5.74, 6) is -2.40. The van der Waals surface area contributed by atoms with Gasteiger partial charge in [0.05, 0.1) is 0 Å². The Balaban J connectivity index is 2.32. The molecule has 0 fully saturated rings. The van der Waals surface area contributed by atoms with Gasteiger partial charge in [-0.1, -0.05) is 0 Å². The average molecular weight is 310 g/mol. The predicted octanol–water partition coefficient (Wildman–Crippen LogP) is 4.31. The van der Waals surface area contributed by atoms with E-state index in [9.17, 15) is 22.4 Å². The zero-order valence-electron chi connectivity index (χ0n) is 11.0. The highest BCUT2D eigenvalue weighted by Crippen LogP contribution is 2.26. The van der Waals surface area contributed by atoms with Gasteiger partial charge in [0.15, 0.2) is 0 Å². The molecule has 0 atom stereocenters. The van der Waals surface area contributed by atoms with Gasteiger partial charge in [-0.3, -0.25) is 4.79 Å². The van der Waals surface area contributed by atoms with Gasteiger partial charge in [-0.25, -0.2) is 4.39 Å². The Hall–Kier alpha value is -2.70. The van der Waals surface area contributed by atoms with Crippen molar-refractivity contribution in [1.29, 1.82) is 5.41 Å². The van der Waals surface area contributed by atoms with E-state index in [-0.39, 0.29) is 5.56 Å². The number of anilines is 2. The van der Waals surface area contributed by atoms with Crippen LogP contribution in [0.2, 0.25) is 0 Å². The number of hydrogen-bond acceptors (Lipinski definition) is 3. The van der Waals surface area contributed by atoms with Crippen LogP contribution in [0.1, 0.15) is 15.9 Å². The maximum atomic E-state index is 12.8. The molecule has 0 aliphatic heterocycles. The average Bonchev–Trinajstić information content (AvgIpc) is 2.48. The summed E-state index contributed by atoms with van der Waals surface area (Å²) >= 11 is 0. The molecule has 0 saturated carbocycles. The molecule has 0 bridgehead atoms. The van der Waals surface area contributed by atoms with E-state index in [0.29, 0.717) is 11.4 Å².